The Morgan fingerprint density at radius 2 is 2.31 bits per heavy atom. The molecular formula is C13H19NO2. The molecule has 3 nitrogen and oxygen atoms in total. The van der Waals surface area contributed by atoms with Crippen molar-refractivity contribution in [2.24, 2.45) is 0 Å². The molecule has 1 aromatic rings. The maximum absolute atomic E-state index is 5.79. The minimum atomic E-state index is 0.178. The summed E-state index contributed by atoms with van der Waals surface area (Å²) in [5.74, 6) is 1.01. The van der Waals surface area contributed by atoms with E-state index in [1.165, 1.54) is 5.56 Å². The van der Waals surface area contributed by atoms with Gasteiger partial charge in [0.05, 0.1) is 12.7 Å². The van der Waals surface area contributed by atoms with E-state index in [4.69, 9.17) is 9.47 Å². The molecule has 3 heteroatoms. The molecule has 0 saturated carbocycles. The van der Waals surface area contributed by atoms with Crippen molar-refractivity contribution in [2.45, 2.75) is 25.6 Å². The van der Waals surface area contributed by atoms with Crippen LogP contribution in [0.15, 0.2) is 24.3 Å². The number of hydrogen-bond donors (Lipinski definition) is 1. The standard InChI is InChI=1S/C13H19NO2/c1-10(8-14-2)15-9-12-7-11-5-3-4-6-13(11)16-12/h3-6,10,12,14H,7-9H2,1-2H3. The van der Waals surface area contributed by atoms with Gasteiger partial charge < -0.3 is 14.8 Å². The fourth-order valence-electron chi connectivity index (χ4n) is 1.96. The zero-order valence-electron chi connectivity index (χ0n) is 9.90. The van der Waals surface area contributed by atoms with Gasteiger partial charge >= 0.3 is 0 Å². The van der Waals surface area contributed by atoms with Gasteiger partial charge in [0, 0.05) is 13.0 Å². The van der Waals surface area contributed by atoms with E-state index >= 15 is 0 Å². The third-order valence-corrected chi connectivity index (χ3v) is 2.77. The lowest BCUT2D eigenvalue weighted by atomic mass is 10.1. The molecule has 1 aliphatic rings. The molecular weight excluding hydrogens is 202 g/mol. The number of hydrogen-bond acceptors (Lipinski definition) is 3. The SMILES string of the molecule is CNCC(C)OCC1Cc2ccccc2O1. The molecule has 88 valence electrons. The lowest BCUT2D eigenvalue weighted by molar-refractivity contribution is 0.0168. The molecule has 0 spiro atoms. The van der Waals surface area contributed by atoms with Gasteiger partial charge in [-0.05, 0) is 25.6 Å². The summed E-state index contributed by atoms with van der Waals surface area (Å²) in [4.78, 5) is 0. The normalized spacial score (nSPS) is 20.2. The number of ether oxygens (including phenoxy) is 2. The molecule has 0 saturated heterocycles. The van der Waals surface area contributed by atoms with Gasteiger partial charge in [-0.2, -0.15) is 0 Å². The molecule has 1 heterocycles. The molecule has 1 N–H and O–H groups in total. The van der Waals surface area contributed by atoms with Crippen LogP contribution in [0, 0.1) is 0 Å². The molecule has 0 fully saturated rings. The number of rotatable bonds is 5. The summed E-state index contributed by atoms with van der Waals surface area (Å²) >= 11 is 0. The quantitative estimate of drug-likeness (QED) is 0.819. The molecule has 0 bridgehead atoms. The topological polar surface area (TPSA) is 30.5 Å². The Labute approximate surface area is 96.8 Å². The molecule has 2 atom stereocenters. The summed E-state index contributed by atoms with van der Waals surface area (Å²) in [7, 11) is 1.93. The first-order valence-corrected chi connectivity index (χ1v) is 5.80. The van der Waals surface area contributed by atoms with Gasteiger partial charge in [-0.1, -0.05) is 18.2 Å². The van der Waals surface area contributed by atoms with Gasteiger partial charge in [0.2, 0.25) is 0 Å². The van der Waals surface area contributed by atoms with E-state index in [0.29, 0.717) is 6.61 Å². The first-order valence-electron chi connectivity index (χ1n) is 5.80. The van der Waals surface area contributed by atoms with E-state index in [2.05, 4.69) is 24.4 Å². The molecule has 0 aliphatic carbocycles. The second kappa shape index (κ2) is 5.32. The van der Waals surface area contributed by atoms with Crippen LogP contribution < -0.4 is 10.1 Å². The Kier molecular flexibility index (Phi) is 3.80. The Bertz CT molecular complexity index is 315. The van der Waals surface area contributed by atoms with Crippen molar-refractivity contribution >= 4 is 0 Å². The van der Waals surface area contributed by atoms with Crippen LogP contribution in [0.1, 0.15) is 12.5 Å². The number of benzene rings is 1. The van der Waals surface area contributed by atoms with Crippen LogP contribution >= 0.6 is 0 Å². The lowest BCUT2D eigenvalue weighted by Crippen LogP contribution is -2.29. The highest BCUT2D eigenvalue weighted by atomic mass is 16.5. The summed E-state index contributed by atoms with van der Waals surface area (Å²) in [5, 5.41) is 3.09. The fraction of sp³-hybridized carbons (Fsp3) is 0.538. The second-order valence-corrected chi connectivity index (χ2v) is 4.25. The predicted octanol–water partition coefficient (Wildman–Crippen LogP) is 1.61. The highest BCUT2D eigenvalue weighted by Crippen LogP contribution is 2.28. The van der Waals surface area contributed by atoms with Crippen LogP contribution in [0.2, 0.25) is 0 Å². The van der Waals surface area contributed by atoms with E-state index in [1.54, 1.807) is 0 Å². The zero-order chi connectivity index (χ0) is 11.4. The number of fused-ring (bicyclic) bond motifs is 1. The van der Waals surface area contributed by atoms with Crippen molar-refractivity contribution in [3.63, 3.8) is 0 Å². The van der Waals surface area contributed by atoms with Gasteiger partial charge in [-0.15, -0.1) is 0 Å². The van der Waals surface area contributed by atoms with Crippen molar-refractivity contribution in [3.05, 3.63) is 29.8 Å². The Hall–Kier alpha value is -1.06. The molecule has 16 heavy (non-hydrogen) atoms. The third kappa shape index (κ3) is 2.74. The molecule has 2 unspecified atom stereocenters. The monoisotopic (exact) mass is 221 g/mol. The van der Waals surface area contributed by atoms with Gasteiger partial charge in [0.25, 0.3) is 0 Å². The van der Waals surface area contributed by atoms with Crippen LogP contribution in [-0.2, 0) is 11.2 Å². The molecule has 0 aromatic heterocycles. The maximum atomic E-state index is 5.79. The minimum Gasteiger partial charge on any atom is -0.487 e. The first-order chi connectivity index (χ1) is 7.79. The van der Waals surface area contributed by atoms with Crippen LogP contribution in [-0.4, -0.2) is 32.4 Å². The van der Waals surface area contributed by atoms with Gasteiger partial charge in [0.15, 0.2) is 0 Å². The number of likely N-dealkylation sites (N-methyl/N-ethyl adjacent to an activating group) is 1. The molecule has 1 aliphatic heterocycles. The molecule has 2 rings (SSSR count). The average Bonchev–Trinajstić information content (AvgIpc) is 2.69. The Morgan fingerprint density at radius 3 is 3.06 bits per heavy atom. The lowest BCUT2D eigenvalue weighted by Gasteiger charge is -2.16. The molecule has 0 amide bonds. The zero-order valence-corrected chi connectivity index (χ0v) is 9.90. The largest absolute Gasteiger partial charge is 0.487 e. The summed E-state index contributed by atoms with van der Waals surface area (Å²) in [5.41, 5.74) is 1.29. The van der Waals surface area contributed by atoms with E-state index in [1.807, 2.05) is 19.2 Å². The third-order valence-electron chi connectivity index (χ3n) is 2.77. The van der Waals surface area contributed by atoms with Gasteiger partial charge in [-0.3, -0.25) is 0 Å². The summed E-state index contributed by atoms with van der Waals surface area (Å²) in [6.07, 6.45) is 1.37. The van der Waals surface area contributed by atoms with Gasteiger partial charge in [0.1, 0.15) is 11.9 Å². The highest BCUT2D eigenvalue weighted by Gasteiger charge is 2.22. The molecule has 1 aromatic carbocycles. The highest BCUT2D eigenvalue weighted by molar-refractivity contribution is 5.37. The number of para-hydroxylation sites is 1. The predicted molar refractivity (Wildman–Crippen MR) is 63.9 cm³/mol. The first kappa shape index (κ1) is 11.4. The summed E-state index contributed by atoms with van der Waals surface area (Å²) < 4.78 is 11.5. The van der Waals surface area contributed by atoms with Crippen molar-refractivity contribution in [2.75, 3.05) is 20.2 Å². The van der Waals surface area contributed by atoms with Gasteiger partial charge in [-0.25, -0.2) is 0 Å². The Balaban J connectivity index is 1.79. The van der Waals surface area contributed by atoms with E-state index in [9.17, 15) is 0 Å². The second-order valence-electron chi connectivity index (χ2n) is 4.25. The van der Waals surface area contributed by atoms with Crippen molar-refractivity contribution in [1.82, 2.24) is 5.32 Å². The number of nitrogens with one attached hydrogen (secondary N) is 1. The molecule has 0 radical (unpaired) electrons. The van der Waals surface area contributed by atoms with Crippen molar-refractivity contribution in [1.29, 1.82) is 0 Å². The van der Waals surface area contributed by atoms with Crippen molar-refractivity contribution < 1.29 is 9.47 Å². The fourth-order valence-corrected chi connectivity index (χ4v) is 1.96. The van der Waals surface area contributed by atoms with Crippen molar-refractivity contribution in [3.8, 4) is 5.75 Å². The van der Waals surface area contributed by atoms with Crippen LogP contribution in [0.5, 0.6) is 5.75 Å². The summed E-state index contributed by atoms with van der Waals surface area (Å²) in [6.45, 7) is 3.61. The van der Waals surface area contributed by atoms with E-state index in [-0.39, 0.29) is 12.2 Å². The maximum Gasteiger partial charge on any atom is 0.126 e. The minimum absolute atomic E-state index is 0.178. The Morgan fingerprint density at radius 1 is 1.50 bits per heavy atom. The van der Waals surface area contributed by atoms with Crippen LogP contribution in [0.3, 0.4) is 0 Å². The van der Waals surface area contributed by atoms with E-state index < -0.39 is 0 Å². The van der Waals surface area contributed by atoms with E-state index in [0.717, 1.165) is 18.7 Å². The van der Waals surface area contributed by atoms with Crippen LogP contribution in [0.25, 0.3) is 0 Å². The average molecular weight is 221 g/mol. The summed E-state index contributed by atoms with van der Waals surface area (Å²) in [6, 6.07) is 8.19. The smallest absolute Gasteiger partial charge is 0.126 e. The van der Waals surface area contributed by atoms with Crippen LogP contribution in [0.4, 0.5) is 0 Å².